The Hall–Kier alpha value is -0.570. The Bertz CT molecular complexity index is 203. The Balaban J connectivity index is 2.71. The first-order valence-corrected chi connectivity index (χ1v) is 5.54. The summed E-state index contributed by atoms with van der Waals surface area (Å²) in [6.07, 6.45) is 4.37. The summed E-state index contributed by atoms with van der Waals surface area (Å²) in [5.41, 5.74) is -1.21. The lowest BCUT2D eigenvalue weighted by Gasteiger charge is -2.37. The predicted molar refractivity (Wildman–Crippen MR) is 53.8 cm³/mol. The maximum atomic E-state index is 11.6. The van der Waals surface area contributed by atoms with Crippen LogP contribution >= 0.6 is 0 Å². The van der Waals surface area contributed by atoms with Crippen LogP contribution in [0.25, 0.3) is 0 Å². The molecule has 0 bridgehead atoms. The summed E-state index contributed by atoms with van der Waals surface area (Å²) in [6.45, 7) is 4.13. The lowest BCUT2D eigenvalue weighted by Crippen LogP contribution is -2.48. The van der Waals surface area contributed by atoms with E-state index < -0.39 is 11.6 Å². The highest BCUT2D eigenvalue weighted by molar-refractivity contribution is 5.79. The Kier molecular flexibility index (Phi) is 3.93. The predicted octanol–water partition coefficient (Wildman–Crippen LogP) is 1.88. The molecule has 14 heavy (non-hydrogen) atoms. The van der Waals surface area contributed by atoms with Crippen LogP contribution in [0.2, 0.25) is 0 Å². The minimum atomic E-state index is -1.21. The summed E-state index contributed by atoms with van der Waals surface area (Å²) in [4.78, 5) is 11.6. The third kappa shape index (κ3) is 2.08. The van der Waals surface area contributed by atoms with Crippen molar-refractivity contribution in [1.29, 1.82) is 0 Å². The summed E-state index contributed by atoms with van der Waals surface area (Å²) in [6, 6.07) is 0. The molecular formula is C11H20O3. The SMILES string of the molecule is CCOC(=O)C1(O)CCCCC1CC. The zero-order valence-electron chi connectivity index (χ0n) is 9.08. The van der Waals surface area contributed by atoms with Gasteiger partial charge >= 0.3 is 5.97 Å². The van der Waals surface area contributed by atoms with Gasteiger partial charge in [-0.3, -0.25) is 0 Å². The highest BCUT2D eigenvalue weighted by atomic mass is 16.5. The number of esters is 1. The van der Waals surface area contributed by atoms with E-state index in [2.05, 4.69) is 0 Å². The van der Waals surface area contributed by atoms with Crippen LogP contribution in [0.15, 0.2) is 0 Å². The Morgan fingerprint density at radius 3 is 2.79 bits per heavy atom. The molecule has 82 valence electrons. The first kappa shape index (κ1) is 11.5. The number of aliphatic hydroxyl groups is 1. The molecule has 1 saturated carbocycles. The molecule has 0 radical (unpaired) electrons. The molecule has 1 aliphatic carbocycles. The molecule has 0 aromatic heterocycles. The third-order valence-corrected chi connectivity index (χ3v) is 3.16. The Morgan fingerprint density at radius 2 is 2.21 bits per heavy atom. The van der Waals surface area contributed by atoms with Crippen molar-refractivity contribution in [3.05, 3.63) is 0 Å². The maximum Gasteiger partial charge on any atom is 0.338 e. The number of hydrogen-bond acceptors (Lipinski definition) is 3. The van der Waals surface area contributed by atoms with Crippen LogP contribution in [-0.2, 0) is 9.53 Å². The molecular weight excluding hydrogens is 180 g/mol. The molecule has 0 spiro atoms. The fourth-order valence-electron chi connectivity index (χ4n) is 2.29. The van der Waals surface area contributed by atoms with Gasteiger partial charge in [-0.15, -0.1) is 0 Å². The molecule has 0 aromatic carbocycles. The molecule has 0 amide bonds. The van der Waals surface area contributed by atoms with E-state index in [1.807, 2.05) is 6.92 Å². The zero-order valence-corrected chi connectivity index (χ0v) is 9.08. The topological polar surface area (TPSA) is 46.5 Å². The summed E-state index contributed by atoms with van der Waals surface area (Å²) >= 11 is 0. The van der Waals surface area contributed by atoms with Crippen molar-refractivity contribution in [2.45, 2.75) is 51.6 Å². The quantitative estimate of drug-likeness (QED) is 0.707. The Morgan fingerprint density at radius 1 is 1.50 bits per heavy atom. The molecule has 0 aromatic rings. The number of hydrogen-bond donors (Lipinski definition) is 1. The van der Waals surface area contributed by atoms with Gasteiger partial charge in [0, 0.05) is 0 Å². The molecule has 1 aliphatic rings. The lowest BCUT2D eigenvalue weighted by molar-refractivity contribution is -0.175. The number of ether oxygens (including phenoxy) is 1. The number of rotatable bonds is 3. The van der Waals surface area contributed by atoms with Crippen molar-refractivity contribution in [2.75, 3.05) is 6.61 Å². The van der Waals surface area contributed by atoms with E-state index in [1.54, 1.807) is 6.92 Å². The van der Waals surface area contributed by atoms with E-state index >= 15 is 0 Å². The molecule has 3 nitrogen and oxygen atoms in total. The first-order valence-electron chi connectivity index (χ1n) is 5.54. The van der Waals surface area contributed by atoms with Crippen LogP contribution in [0.1, 0.15) is 46.0 Å². The van der Waals surface area contributed by atoms with Crippen molar-refractivity contribution < 1.29 is 14.6 Å². The van der Waals surface area contributed by atoms with Gasteiger partial charge in [-0.05, 0) is 38.5 Å². The van der Waals surface area contributed by atoms with Gasteiger partial charge in [0.25, 0.3) is 0 Å². The van der Waals surface area contributed by atoms with Crippen molar-refractivity contribution >= 4 is 5.97 Å². The second kappa shape index (κ2) is 4.78. The van der Waals surface area contributed by atoms with E-state index in [0.717, 1.165) is 25.7 Å². The highest BCUT2D eigenvalue weighted by Crippen LogP contribution is 2.36. The highest BCUT2D eigenvalue weighted by Gasteiger charge is 2.45. The molecule has 0 aliphatic heterocycles. The molecule has 3 heteroatoms. The summed E-state index contributed by atoms with van der Waals surface area (Å²) in [7, 11) is 0. The minimum Gasteiger partial charge on any atom is -0.464 e. The van der Waals surface area contributed by atoms with E-state index in [4.69, 9.17) is 4.74 Å². The second-order valence-corrected chi connectivity index (χ2v) is 4.00. The fraction of sp³-hybridized carbons (Fsp3) is 0.909. The van der Waals surface area contributed by atoms with Crippen LogP contribution in [0.5, 0.6) is 0 Å². The van der Waals surface area contributed by atoms with E-state index in [0.29, 0.717) is 13.0 Å². The van der Waals surface area contributed by atoms with Crippen molar-refractivity contribution in [1.82, 2.24) is 0 Å². The molecule has 1 N–H and O–H groups in total. The zero-order chi connectivity index (χ0) is 10.6. The van der Waals surface area contributed by atoms with E-state index in [-0.39, 0.29) is 5.92 Å². The first-order chi connectivity index (χ1) is 6.65. The van der Waals surface area contributed by atoms with Gasteiger partial charge in [0.2, 0.25) is 0 Å². The second-order valence-electron chi connectivity index (χ2n) is 4.00. The molecule has 0 saturated heterocycles. The summed E-state index contributed by atoms with van der Waals surface area (Å²) in [5, 5.41) is 10.3. The van der Waals surface area contributed by atoms with Crippen LogP contribution in [0.3, 0.4) is 0 Å². The monoisotopic (exact) mass is 200 g/mol. The van der Waals surface area contributed by atoms with Gasteiger partial charge in [-0.25, -0.2) is 4.79 Å². The van der Waals surface area contributed by atoms with Crippen molar-refractivity contribution in [2.24, 2.45) is 5.92 Å². The fourth-order valence-corrected chi connectivity index (χ4v) is 2.29. The van der Waals surface area contributed by atoms with E-state index in [9.17, 15) is 9.90 Å². The smallest absolute Gasteiger partial charge is 0.338 e. The normalized spacial score (nSPS) is 32.6. The number of carbonyl (C=O) groups is 1. The molecule has 1 rings (SSSR count). The Labute approximate surface area is 85.5 Å². The largest absolute Gasteiger partial charge is 0.464 e. The van der Waals surface area contributed by atoms with Gasteiger partial charge in [-0.2, -0.15) is 0 Å². The van der Waals surface area contributed by atoms with Crippen LogP contribution in [-0.4, -0.2) is 23.3 Å². The van der Waals surface area contributed by atoms with Crippen molar-refractivity contribution in [3.8, 4) is 0 Å². The molecule has 2 atom stereocenters. The molecule has 2 unspecified atom stereocenters. The van der Waals surface area contributed by atoms with Gasteiger partial charge in [0.15, 0.2) is 5.60 Å². The van der Waals surface area contributed by atoms with Gasteiger partial charge < -0.3 is 9.84 Å². The molecule has 0 heterocycles. The average Bonchev–Trinajstić information content (AvgIpc) is 2.19. The number of carbonyl (C=O) groups excluding carboxylic acids is 1. The summed E-state index contributed by atoms with van der Waals surface area (Å²) < 4.78 is 4.93. The molecule has 1 fully saturated rings. The summed E-state index contributed by atoms with van der Waals surface area (Å²) in [5.74, 6) is -0.346. The van der Waals surface area contributed by atoms with Crippen molar-refractivity contribution in [3.63, 3.8) is 0 Å². The van der Waals surface area contributed by atoms with Crippen LogP contribution < -0.4 is 0 Å². The minimum absolute atomic E-state index is 0.0790. The average molecular weight is 200 g/mol. The lowest BCUT2D eigenvalue weighted by atomic mass is 9.74. The van der Waals surface area contributed by atoms with Gasteiger partial charge in [-0.1, -0.05) is 13.3 Å². The van der Waals surface area contributed by atoms with E-state index in [1.165, 1.54) is 0 Å². The standard InChI is InChI=1S/C11H20O3/c1-3-9-7-5-6-8-11(9,13)10(12)14-4-2/h9,13H,3-8H2,1-2H3. The van der Waals surface area contributed by atoms with Crippen LogP contribution in [0.4, 0.5) is 0 Å². The van der Waals surface area contributed by atoms with Gasteiger partial charge in [0.05, 0.1) is 6.61 Å². The van der Waals surface area contributed by atoms with Crippen LogP contribution in [0, 0.1) is 5.92 Å². The third-order valence-electron chi connectivity index (χ3n) is 3.16. The maximum absolute atomic E-state index is 11.6. The van der Waals surface area contributed by atoms with Gasteiger partial charge in [0.1, 0.15) is 0 Å².